The first-order valence-electron chi connectivity index (χ1n) is 7.24. The van der Waals surface area contributed by atoms with Gasteiger partial charge in [0, 0.05) is 12.1 Å². The van der Waals surface area contributed by atoms with E-state index in [1.165, 1.54) is 7.11 Å². The van der Waals surface area contributed by atoms with Gasteiger partial charge < -0.3 is 14.8 Å². The predicted octanol–water partition coefficient (Wildman–Crippen LogP) is 1.98. The second kappa shape index (κ2) is 8.47. The summed E-state index contributed by atoms with van der Waals surface area (Å²) < 4.78 is 9.95. The highest BCUT2D eigenvalue weighted by Crippen LogP contribution is 2.11. The fraction of sp³-hybridized carbons (Fsp3) is 0.167. The molecule has 24 heavy (non-hydrogen) atoms. The number of rotatable bonds is 7. The minimum atomic E-state index is -0.406. The molecule has 0 aliphatic rings. The van der Waals surface area contributed by atoms with Crippen LogP contribution < -0.4 is 10.1 Å². The number of ether oxygens (including phenoxy) is 2. The molecule has 0 aliphatic heterocycles. The number of benzene rings is 2. The van der Waals surface area contributed by atoms with Crippen LogP contribution in [-0.2, 0) is 16.1 Å². The summed E-state index contributed by atoms with van der Waals surface area (Å²) in [6, 6.07) is 13.3. The summed E-state index contributed by atoms with van der Waals surface area (Å²) in [4.78, 5) is 33.8. The molecule has 0 radical (unpaired) electrons. The molecule has 0 atom stereocenters. The van der Waals surface area contributed by atoms with Crippen molar-refractivity contribution in [2.75, 3.05) is 13.7 Å². The van der Waals surface area contributed by atoms with E-state index in [1.54, 1.807) is 48.5 Å². The fourth-order valence-electron chi connectivity index (χ4n) is 1.95. The number of hydrogen-bond donors (Lipinski definition) is 1. The molecular formula is C18H17NO5. The Morgan fingerprint density at radius 3 is 2.54 bits per heavy atom. The molecule has 0 saturated heterocycles. The minimum Gasteiger partial charge on any atom is -0.484 e. The third-order valence-corrected chi connectivity index (χ3v) is 3.23. The van der Waals surface area contributed by atoms with E-state index in [0.717, 1.165) is 5.56 Å². The third kappa shape index (κ3) is 4.95. The molecule has 1 amide bonds. The van der Waals surface area contributed by atoms with E-state index in [2.05, 4.69) is 10.1 Å². The Bertz CT molecular complexity index is 724. The first-order chi connectivity index (χ1) is 11.6. The number of hydrogen-bond acceptors (Lipinski definition) is 5. The normalized spacial score (nSPS) is 9.88. The number of methoxy groups -OCH3 is 1. The van der Waals surface area contributed by atoms with Crippen LogP contribution in [0.3, 0.4) is 0 Å². The van der Waals surface area contributed by atoms with Crippen LogP contribution >= 0.6 is 0 Å². The maximum atomic E-state index is 11.8. The van der Waals surface area contributed by atoms with Crippen LogP contribution in [0, 0.1) is 0 Å². The van der Waals surface area contributed by atoms with Crippen molar-refractivity contribution >= 4 is 18.2 Å². The SMILES string of the molecule is COC(=O)c1ccc(CNC(=O)COc2cccc(C=O)c2)cc1. The van der Waals surface area contributed by atoms with E-state index in [4.69, 9.17) is 4.74 Å². The zero-order chi connectivity index (χ0) is 17.4. The van der Waals surface area contributed by atoms with Gasteiger partial charge in [0.25, 0.3) is 5.91 Å². The maximum Gasteiger partial charge on any atom is 0.337 e. The van der Waals surface area contributed by atoms with Gasteiger partial charge in [0.2, 0.25) is 0 Å². The first kappa shape index (κ1) is 17.2. The van der Waals surface area contributed by atoms with E-state index < -0.39 is 5.97 Å². The number of carbonyl (C=O) groups is 3. The second-order valence-corrected chi connectivity index (χ2v) is 4.94. The van der Waals surface area contributed by atoms with Gasteiger partial charge in [-0.2, -0.15) is 0 Å². The van der Waals surface area contributed by atoms with Crippen LogP contribution in [0.1, 0.15) is 26.3 Å². The van der Waals surface area contributed by atoms with Gasteiger partial charge in [-0.15, -0.1) is 0 Å². The Balaban J connectivity index is 1.80. The summed E-state index contributed by atoms with van der Waals surface area (Å²) in [7, 11) is 1.32. The van der Waals surface area contributed by atoms with Gasteiger partial charge in [0.1, 0.15) is 12.0 Å². The Morgan fingerprint density at radius 2 is 1.88 bits per heavy atom. The van der Waals surface area contributed by atoms with Crippen LogP contribution in [0.2, 0.25) is 0 Å². The predicted molar refractivity (Wildman–Crippen MR) is 87.0 cm³/mol. The lowest BCUT2D eigenvalue weighted by molar-refractivity contribution is -0.123. The quantitative estimate of drug-likeness (QED) is 0.621. The van der Waals surface area contributed by atoms with Crippen LogP contribution in [0.25, 0.3) is 0 Å². The average Bonchev–Trinajstić information content (AvgIpc) is 2.64. The molecule has 1 N–H and O–H groups in total. The van der Waals surface area contributed by atoms with Crippen molar-refractivity contribution in [1.29, 1.82) is 0 Å². The van der Waals surface area contributed by atoms with Gasteiger partial charge >= 0.3 is 5.97 Å². The van der Waals surface area contributed by atoms with Gasteiger partial charge in [-0.1, -0.05) is 24.3 Å². The summed E-state index contributed by atoms with van der Waals surface area (Å²) in [5, 5.41) is 2.71. The lowest BCUT2D eigenvalue weighted by Crippen LogP contribution is -2.28. The highest BCUT2D eigenvalue weighted by atomic mass is 16.5. The van der Waals surface area contributed by atoms with Gasteiger partial charge in [0.05, 0.1) is 12.7 Å². The van der Waals surface area contributed by atoms with Crippen LogP contribution in [-0.4, -0.2) is 31.9 Å². The molecule has 2 rings (SSSR count). The maximum absolute atomic E-state index is 11.8. The van der Waals surface area contributed by atoms with E-state index in [-0.39, 0.29) is 12.5 Å². The summed E-state index contributed by atoms with van der Waals surface area (Å²) in [6.07, 6.45) is 0.713. The summed E-state index contributed by atoms with van der Waals surface area (Å²) in [5.74, 6) is -0.239. The Hall–Kier alpha value is -3.15. The second-order valence-electron chi connectivity index (χ2n) is 4.94. The molecule has 0 fully saturated rings. The fourth-order valence-corrected chi connectivity index (χ4v) is 1.95. The minimum absolute atomic E-state index is 0.150. The summed E-state index contributed by atoms with van der Waals surface area (Å²) in [5.41, 5.74) is 1.78. The van der Waals surface area contributed by atoms with Crippen molar-refractivity contribution in [3.05, 3.63) is 65.2 Å². The van der Waals surface area contributed by atoms with Crippen molar-refractivity contribution < 1.29 is 23.9 Å². The largest absolute Gasteiger partial charge is 0.484 e. The standard InChI is InChI=1S/C18H17NO5/c1-23-18(22)15-7-5-13(6-8-15)10-19-17(21)12-24-16-4-2-3-14(9-16)11-20/h2-9,11H,10,12H2,1H3,(H,19,21). The molecule has 0 saturated carbocycles. The topological polar surface area (TPSA) is 81.7 Å². The molecule has 0 spiro atoms. The molecule has 124 valence electrons. The van der Waals surface area contributed by atoms with E-state index in [9.17, 15) is 14.4 Å². The zero-order valence-corrected chi connectivity index (χ0v) is 13.2. The molecule has 2 aromatic rings. The van der Waals surface area contributed by atoms with E-state index >= 15 is 0 Å². The van der Waals surface area contributed by atoms with Crippen molar-refractivity contribution in [2.24, 2.45) is 0 Å². The van der Waals surface area contributed by atoms with Crippen molar-refractivity contribution in [2.45, 2.75) is 6.54 Å². The molecule has 6 nitrogen and oxygen atoms in total. The molecule has 0 unspecified atom stereocenters. The Morgan fingerprint density at radius 1 is 1.12 bits per heavy atom. The molecule has 0 heterocycles. The zero-order valence-electron chi connectivity index (χ0n) is 13.2. The van der Waals surface area contributed by atoms with Crippen LogP contribution in [0.4, 0.5) is 0 Å². The number of carbonyl (C=O) groups excluding carboxylic acids is 3. The van der Waals surface area contributed by atoms with Crippen molar-refractivity contribution in [3.63, 3.8) is 0 Å². The van der Waals surface area contributed by atoms with Gasteiger partial charge in [-0.05, 0) is 29.8 Å². The van der Waals surface area contributed by atoms with Crippen LogP contribution in [0.5, 0.6) is 5.75 Å². The lowest BCUT2D eigenvalue weighted by Gasteiger charge is -2.08. The number of amides is 1. The number of aldehydes is 1. The van der Waals surface area contributed by atoms with Gasteiger partial charge in [-0.25, -0.2) is 4.79 Å². The highest BCUT2D eigenvalue weighted by Gasteiger charge is 2.06. The summed E-state index contributed by atoms with van der Waals surface area (Å²) >= 11 is 0. The van der Waals surface area contributed by atoms with Crippen molar-refractivity contribution in [1.82, 2.24) is 5.32 Å². The number of nitrogens with one attached hydrogen (secondary N) is 1. The first-order valence-corrected chi connectivity index (χ1v) is 7.24. The lowest BCUT2D eigenvalue weighted by atomic mass is 10.1. The molecule has 2 aromatic carbocycles. The monoisotopic (exact) mass is 327 g/mol. The van der Waals surface area contributed by atoms with Gasteiger partial charge in [-0.3, -0.25) is 9.59 Å². The van der Waals surface area contributed by atoms with E-state index in [0.29, 0.717) is 29.7 Å². The average molecular weight is 327 g/mol. The Labute approximate surface area is 139 Å². The third-order valence-electron chi connectivity index (χ3n) is 3.23. The molecule has 0 aromatic heterocycles. The van der Waals surface area contributed by atoms with E-state index in [1.807, 2.05) is 0 Å². The molecule has 0 bridgehead atoms. The van der Waals surface area contributed by atoms with Crippen molar-refractivity contribution in [3.8, 4) is 5.75 Å². The molecular weight excluding hydrogens is 310 g/mol. The van der Waals surface area contributed by atoms with Crippen LogP contribution in [0.15, 0.2) is 48.5 Å². The summed E-state index contributed by atoms with van der Waals surface area (Å²) in [6.45, 7) is 0.167. The highest BCUT2D eigenvalue weighted by molar-refractivity contribution is 5.89. The number of esters is 1. The molecule has 6 heteroatoms. The van der Waals surface area contributed by atoms with Gasteiger partial charge in [0.15, 0.2) is 6.61 Å². The molecule has 0 aliphatic carbocycles. The Kier molecular flexibility index (Phi) is 6.08. The smallest absolute Gasteiger partial charge is 0.337 e.